The molecule has 0 N–H and O–H groups in total. The average Bonchev–Trinajstić information content (AvgIpc) is 2.98. The van der Waals surface area contributed by atoms with Gasteiger partial charge in [-0.3, -0.25) is 4.79 Å². The highest BCUT2D eigenvalue weighted by atomic mass is 16.7. The Morgan fingerprint density at radius 1 is 1.40 bits per heavy atom. The summed E-state index contributed by atoms with van der Waals surface area (Å²) in [5, 5.41) is 0. The van der Waals surface area contributed by atoms with Crippen LogP contribution in [0.3, 0.4) is 0 Å². The molecule has 3 rings (SSSR count). The van der Waals surface area contributed by atoms with Crippen molar-refractivity contribution < 1.29 is 14.3 Å². The van der Waals surface area contributed by atoms with Crippen molar-refractivity contribution in [1.29, 1.82) is 0 Å². The smallest absolute Gasteiger partial charge is 0.319 e. The van der Waals surface area contributed by atoms with E-state index in [-0.39, 0.29) is 18.2 Å². The number of fused-ring (bicyclic) bond motifs is 1. The maximum atomic E-state index is 11.8. The SMILES string of the molecule is COC1OC(=O)C2(c3ccccc3)CC12. The van der Waals surface area contributed by atoms with Gasteiger partial charge in [-0.25, -0.2) is 0 Å². The standard InChI is InChI=1S/C12H12O3/c1-14-10-9-7-12(9,11(13)15-10)8-5-3-2-4-6-8/h2-6,9-10H,7H2,1H3. The van der Waals surface area contributed by atoms with E-state index >= 15 is 0 Å². The van der Waals surface area contributed by atoms with Crippen molar-refractivity contribution in [2.24, 2.45) is 5.92 Å². The molecule has 1 aliphatic carbocycles. The number of methoxy groups -OCH3 is 1. The van der Waals surface area contributed by atoms with Crippen LogP contribution in [0.25, 0.3) is 0 Å². The van der Waals surface area contributed by atoms with Crippen LogP contribution in [-0.2, 0) is 19.7 Å². The topological polar surface area (TPSA) is 35.5 Å². The van der Waals surface area contributed by atoms with Gasteiger partial charge in [-0.15, -0.1) is 0 Å². The first-order valence-corrected chi connectivity index (χ1v) is 5.08. The second-order valence-electron chi connectivity index (χ2n) is 4.16. The predicted octanol–water partition coefficient (Wildman–Crippen LogP) is 1.47. The number of esters is 1. The number of cyclic esters (lactones) is 1. The number of carbonyl (C=O) groups excluding carboxylic acids is 1. The molecule has 0 radical (unpaired) electrons. The molecule has 1 aromatic rings. The maximum absolute atomic E-state index is 11.8. The van der Waals surface area contributed by atoms with Crippen LogP contribution in [0.15, 0.2) is 30.3 Å². The van der Waals surface area contributed by atoms with Crippen LogP contribution >= 0.6 is 0 Å². The van der Waals surface area contributed by atoms with Crippen LogP contribution in [-0.4, -0.2) is 19.4 Å². The van der Waals surface area contributed by atoms with Crippen molar-refractivity contribution in [3.8, 4) is 0 Å². The van der Waals surface area contributed by atoms with Gasteiger partial charge in [0.15, 0.2) is 0 Å². The van der Waals surface area contributed by atoms with Gasteiger partial charge in [0.1, 0.15) is 5.41 Å². The number of benzene rings is 1. The van der Waals surface area contributed by atoms with E-state index in [2.05, 4.69) is 0 Å². The summed E-state index contributed by atoms with van der Waals surface area (Å²) in [6.07, 6.45) is 0.506. The zero-order chi connectivity index (χ0) is 10.5. The summed E-state index contributed by atoms with van der Waals surface area (Å²) >= 11 is 0. The van der Waals surface area contributed by atoms with Gasteiger partial charge in [-0.1, -0.05) is 30.3 Å². The molecule has 3 heteroatoms. The number of hydrogen-bond acceptors (Lipinski definition) is 3. The monoisotopic (exact) mass is 204 g/mol. The number of rotatable bonds is 2. The van der Waals surface area contributed by atoms with Crippen LogP contribution in [0.4, 0.5) is 0 Å². The molecule has 3 nitrogen and oxygen atoms in total. The summed E-state index contributed by atoms with van der Waals surface area (Å²) in [6, 6.07) is 9.82. The second-order valence-corrected chi connectivity index (χ2v) is 4.16. The molecule has 0 spiro atoms. The van der Waals surface area contributed by atoms with Crippen LogP contribution in [0, 0.1) is 5.92 Å². The summed E-state index contributed by atoms with van der Waals surface area (Å²) in [5.74, 6) is 0.0722. The van der Waals surface area contributed by atoms with Crippen LogP contribution in [0.1, 0.15) is 12.0 Å². The molecule has 1 heterocycles. The maximum Gasteiger partial charge on any atom is 0.319 e. The van der Waals surface area contributed by atoms with E-state index in [1.807, 2.05) is 30.3 Å². The van der Waals surface area contributed by atoms with E-state index in [0.717, 1.165) is 12.0 Å². The lowest BCUT2D eigenvalue weighted by Crippen LogP contribution is -2.19. The Labute approximate surface area is 88.0 Å². The molecule has 15 heavy (non-hydrogen) atoms. The highest BCUT2D eigenvalue weighted by Crippen LogP contribution is 2.61. The summed E-state index contributed by atoms with van der Waals surface area (Å²) in [4.78, 5) is 11.8. The van der Waals surface area contributed by atoms with Crippen molar-refractivity contribution >= 4 is 5.97 Å². The third-order valence-corrected chi connectivity index (χ3v) is 3.45. The molecule has 3 unspecified atom stereocenters. The van der Waals surface area contributed by atoms with Gasteiger partial charge in [0.25, 0.3) is 0 Å². The lowest BCUT2D eigenvalue weighted by molar-refractivity contribution is -0.165. The van der Waals surface area contributed by atoms with E-state index < -0.39 is 5.41 Å². The summed E-state index contributed by atoms with van der Waals surface area (Å²) in [5.41, 5.74) is 0.654. The normalized spacial score (nSPS) is 37.3. The molecule has 1 aromatic carbocycles. The van der Waals surface area contributed by atoms with Crippen LogP contribution < -0.4 is 0 Å². The zero-order valence-electron chi connectivity index (χ0n) is 8.47. The molecule has 78 valence electrons. The van der Waals surface area contributed by atoms with Crippen LogP contribution in [0.2, 0.25) is 0 Å². The predicted molar refractivity (Wildman–Crippen MR) is 53.1 cm³/mol. The molecule has 2 aliphatic rings. The largest absolute Gasteiger partial charge is 0.435 e. The fourth-order valence-corrected chi connectivity index (χ4v) is 2.54. The Balaban J connectivity index is 1.99. The minimum atomic E-state index is -0.401. The van der Waals surface area contributed by atoms with E-state index in [4.69, 9.17) is 9.47 Å². The average molecular weight is 204 g/mol. The van der Waals surface area contributed by atoms with Gasteiger partial charge in [0, 0.05) is 13.0 Å². The molecule has 2 fully saturated rings. The molecular formula is C12H12O3. The van der Waals surface area contributed by atoms with E-state index in [0.29, 0.717) is 0 Å². The van der Waals surface area contributed by atoms with Gasteiger partial charge in [0.05, 0.1) is 0 Å². The molecule has 0 aromatic heterocycles. The van der Waals surface area contributed by atoms with E-state index in [1.165, 1.54) is 0 Å². The minimum Gasteiger partial charge on any atom is -0.435 e. The van der Waals surface area contributed by atoms with Gasteiger partial charge in [-0.05, 0) is 12.0 Å². The Hall–Kier alpha value is -1.35. The Bertz CT molecular complexity index is 401. The van der Waals surface area contributed by atoms with Crippen LogP contribution in [0.5, 0.6) is 0 Å². The molecule has 0 bridgehead atoms. The minimum absolute atomic E-state index is 0.134. The van der Waals surface area contributed by atoms with Crippen molar-refractivity contribution in [3.05, 3.63) is 35.9 Å². The summed E-state index contributed by atoms with van der Waals surface area (Å²) in [6.45, 7) is 0. The fourth-order valence-electron chi connectivity index (χ4n) is 2.54. The molecular weight excluding hydrogens is 192 g/mol. The lowest BCUT2D eigenvalue weighted by atomic mass is 9.95. The third kappa shape index (κ3) is 1.01. The molecule has 1 saturated carbocycles. The van der Waals surface area contributed by atoms with Gasteiger partial charge in [-0.2, -0.15) is 0 Å². The second kappa shape index (κ2) is 2.83. The number of carbonyl (C=O) groups is 1. The first-order chi connectivity index (χ1) is 7.29. The van der Waals surface area contributed by atoms with Crippen molar-refractivity contribution in [2.45, 2.75) is 18.1 Å². The van der Waals surface area contributed by atoms with Crippen molar-refractivity contribution in [1.82, 2.24) is 0 Å². The number of hydrogen-bond donors (Lipinski definition) is 0. The highest BCUT2D eigenvalue weighted by Gasteiger charge is 2.71. The molecule has 1 saturated heterocycles. The first kappa shape index (κ1) is 8.92. The lowest BCUT2D eigenvalue weighted by Gasteiger charge is -2.09. The quantitative estimate of drug-likeness (QED) is 0.684. The first-order valence-electron chi connectivity index (χ1n) is 5.08. The number of ether oxygens (including phenoxy) is 2. The summed E-state index contributed by atoms with van der Waals surface area (Å²) < 4.78 is 10.3. The summed E-state index contributed by atoms with van der Waals surface area (Å²) in [7, 11) is 1.58. The molecule has 0 amide bonds. The van der Waals surface area contributed by atoms with Gasteiger partial charge >= 0.3 is 5.97 Å². The van der Waals surface area contributed by atoms with Gasteiger partial charge < -0.3 is 9.47 Å². The van der Waals surface area contributed by atoms with Gasteiger partial charge in [0.2, 0.25) is 6.29 Å². The Kier molecular flexibility index (Phi) is 1.68. The molecule has 1 aliphatic heterocycles. The van der Waals surface area contributed by atoms with Crippen molar-refractivity contribution in [3.63, 3.8) is 0 Å². The third-order valence-electron chi connectivity index (χ3n) is 3.45. The van der Waals surface area contributed by atoms with E-state index in [9.17, 15) is 4.79 Å². The van der Waals surface area contributed by atoms with E-state index in [1.54, 1.807) is 7.11 Å². The highest BCUT2D eigenvalue weighted by molar-refractivity contribution is 5.90. The Morgan fingerprint density at radius 3 is 2.67 bits per heavy atom. The Morgan fingerprint density at radius 2 is 2.13 bits per heavy atom. The zero-order valence-corrected chi connectivity index (χ0v) is 8.47. The van der Waals surface area contributed by atoms with Crippen molar-refractivity contribution in [2.75, 3.05) is 7.11 Å². The fraction of sp³-hybridized carbons (Fsp3) is 0.417. The molecule has 3 atom stereocenters.